The number of carbonyl (C=O) groups is 2. The van der Waals surface area contributed by atoms with E-state index in [1.165, 1.54) is 36.4 Å². The molecular weight excluding hydrogens is 406 g/mol. The number of nitro groups is 1. The third-order valence-electron chi connectivity index (χ3n) is 3.86. The first-order chi connectivity index (χ1) is 12.3. The molecule has 0 atom stereocenters. The first-order valence-corrected chi connectivity index (χ1v) is 8.38. The van der Waals surface area contributed by atoms with Gasteiger partial charge in [-0.15, -0.1) is 0 Å². The Balaban J connectivity index is 2.12. The third-order valence-corrected chi connectivity index (χ3v) is 4.47. The summed E-state index contributed by atoms with van der Waals surface area (Å²) in [6.45, 7) is 2.06. The van der Waals surface area contributed by atoms with Gasteiger partial charge in [-0.25, -0.2) is 0 Å². The SMILES string of the molecule is CCOc1cc(C=C2C(=O)c3cccc([N+](=O)[O-])c3C2=O)cc(Br)c1O. The Hall–Kier alpha value is -3.00. The lowest BCUT2D eigenvalue weighted by atomic mass is 10.1. The molecule has 2 aromatic carbocycles. The maximum Gasteiger partial charge on any atom is 0.281 e. The molecule has 3 rings (SSSR count). The molecule has 0 unspecified atom stereocenters. The lowest BCUT2D eigenvalue weighted by Crippen LogP contribution is -2.02. The van der Waals surface area contributed by atoms with Gasteiger partial charge in [0, 0.05) is 11.6 Å². The fraction of sp³-hybridized carbons (Fsp3) is 0.111. The van der Waals surface area contributed by atoms with Crippen molar-refractivity contribution >= 4 is 39.3 Å². The third kappa shape index (κ3) is 2.88. The fourth-order valence-corrected chi connectivity index (χ4v) is 3.20. The number of nitrogens with zero attached hydrogens (tertiary/aromatic N) is 1. The minimum absolute atomic E-state index is 0.0123. The van der Waals surface area contributed by atoms with E-state index in [1.54, 1.807) is 6.92 Å². The van der Waals surface area contributed by atoms with E-state index in [1.807, 2.05) is 0 Å². The van der Waals surface area contributed by atoms with Crippen LogP contribution in [0.15, 0.2) is 40.4 Å². The molecule has 7 nitrogen and oxygen atoms in total. The predicted molar refractivity (Wildman–Crippen MR) is 96.7 cm³/mol. The van der Waals surface area contributed by atoms with Gasteiger partial charge in [0.2, 0.25) is 5.78 Å². The molecule has 132 valence electrons. The van der Waals surface area contributed by atoms with Crippen molar-refractivity contribution in [3.63, 3.8) is 0 Å². The summed E-state index contributed by atoms with van der Waals surface area (Å²) in [5.41, 5.74) is -0.319. The average molecular weight is 418 g/mol. The second-order valence-electron chi connectivity index (χ2n) is 5.46. The number of fused-ring (bicyclic) bond motifs is 1. The maximum atomic E-state index is 12.6. The normalized spacial score (nSPS) is 14.6. The monoisotopic (exact) mass is 417 g/mol. The van der Waals surface area contributed by atoms with E-state index in [-0.39, 0.29) is 28.2 Å². The van der Waals surface area contributed by atoms with Gasteiger partial charge in [0.05, 0.1) is 21.6 Å². The van der Waals surface area contributed by atoms with Crippen LogP contribution in [0, 0.1) is 10.1 Å². The molecule has 2 aromatic rings. The number of rotatable bonds is 4. The summed E-state index contributed by atoms with van der Waals surface area (Å²) < 4.78 is 5.65. The Kier molecular flexibility index (Phi) is 4.60. The number of halogens is 1. The molecule has 0 saturated carbocycles. The summed E-state index contributed by atoms with van der Waals surface area (Å²) in [7, 11) is 0. The summed E-state index contributed by atoms with van der Waals surface area (Å²) in [5, 5.41) is 21.1. The van der Waals surface area contributed by atoms with E-state index < -0.39 is 22.2 Å². The Labute approximate surface area is 156 Å². The number of nitro benzene ring substituents is 1. The Bertz CT molecular complexity index is 995. The van der Waals surface area contributed by atoms with Gasteiger partial charge in [-0.3, -0.25) is 19.7 Å². The number of benzene rings is 2. The van der Waals surface area contributed by atoms with Crippen molar-refractivity contribution in [2.24, 2.45) is 0 Å². The number of hydrogen-bond acceptors (Lipinski definition) is 6. The summed E-state index contributed by atoms with van der Waals surface area (Å²) in [5.74, 6) is -1.18. The van der Waals surface area contributed by atoms with Crippen LogP contribution < -0.4 is 4.74 Å². The van der Waals surface area contributed by atoms with Crippen LogP contribution in [0.5, 0.6) is 11.5 Å². The van der Waals surface area contributed by atoms with Crippen LogP contribution in [0.1, 0.15) is 33.2 Å². The smallest absolute Gasteiger partial charge is 0.281 e. The molecule has 1 aliphatic rings. The number of ether oxygens (including phenoxy) is 1. The Morgan fingerprint density at radius 3 is 2.65 bits per heavy atom. The molecule has 8 heteroatoms. The van der Waals surface area contributed by atoms with E-state index >= 15 is 0 Å². The van der Waals surface area contributed by atoms with Gasteiger partial charge < -0.3 is 9.84 Å². The molecule has 0 bridgehead atoms. The zero-order chi connectivity index (χ0) is 19.0. The summed E-state index contributed by atoms with van der Waals surface area (Å²) in [6, 6.07) is 6.95. The largest absolute Gasteiger partial charge is 0.503 e. The van der Waals surface area contributed by atoms with Gasteiger partial charge in [0.15, 0.2) is 17.3 Å². The number of allylic oxidation sites excluding steroid dienone is 1. The molecule has 0 radical (unpaired) electrons. The van der Waals surface area contributed by atoms with Crippen LogP contribution in [0.2, 0.25) is 0 Å². The van der Waals surface area contributed by atoms with Crippen molar-refractivity contribution in [1.29, 1.82) is 0 Å². The van der Waals surface area contributed by atoms with Crippen LogP contribution in [-0.4, -0.2) is 28.2 Å². The zero-order valence-electron chi connectivity index (χ0n) is 13.5. The highest BCUT2D eigenvalue weighted by Gasteiger charge is 2.38. The number of phenolic OH excluding ortho intramolecular Hbond substituents is 1. The topological polar surface area (TPSA) is 107 Å². The van der Waals surface area contributed by atoms with Crippen molar-refractivity contribution in [2.75, 3.05) is 6.61 Å². The second-order valence-corrected chi connectivity index (χ2v) is 6.31. The van der Waals surface area contributed by atoms with Crippen molar-refractivity contribution in [3.05, 3.63) is 67.2 Å². The van der Waals surface area contributed by atoms with Gasteiger partial charge >= 0.3 is 0 Å². The number of aromatic hydroxyl groups is 1. The minimum atomic E-state index is -0.695. The van der Waals surface area contributed by atoms with Gasteiger partial charge in [0.25, 0.3) is 5.69 Å². The molecule has 0 aromatic heterocycles. The van der Waals surface area contributed by atoms with Crippen molar-refractivity contribution in [2.45, 2.75) is 6.92 Å². The highest BCUT2D eigenvalue weighted by molar-refractivity contribution is 9.10. The second kappa shape index (κ2) is 6.72. The predicted octanol–water partition coefficient (Wildman–Crippen LogP) is 3.92. The van der Waals surface area contributed by atoms with Crippen molar-refractivity contribution < 1.29 is 24.4 Å². The molecular formula is C18H12BrNO6. The van der Waals surface area contributed by atoms with E-state index in [0.29, 0.717) is 16.6 Å². The standard InChI is InChI=1S/C18H12BrNO6/c1-2-26-14-8-9(7-12(19)18(14)23)6-11-16(21)10-4-3-5-13(20(24)25)15(10)17(11)22/h3-8,23H,2H2,1H3. The van der Waals surface area contributed by atoms with Crippen LogP contribution >= 0.6 is 15.9 Å². The molecule has 1 aliphatic carbocycles. The molecule has 1 N–H and O–H groups in total. The van der Waals surface area contributed by atoms with E-state index in [2.05, 4.69) is 15.9 Å². The lowest BCUT2D eigenvalue weighted by Gasteiger charge is -2.08. The zero-order valence-corrected chi connectivity index (χ0v) is 15.1. The van der Waals surface area contributed by atoms with Gasteiger partial charge in [-0.05, 0) is 52.7 Å². The molecule has 0 amide bonds. The Morgan fingerprint density at radius 2 is 2.00 bits per heavy atom. The minimum Gasteiger partial charge on any atom is -0.503 e. The van der Waals surface area contributed by atoms with Gasteiger partial charge in [0.1, 0.15) is 5.56 Å². The lowest BCUT2D eigenvalue weighted by molar-refractivity contribution is -0.385. The number of phenols is 1. The molecule has 0 spiro atoms. The summed E-state index contributed by atoms with van der Waals surface area (Å²) >= 11 is 3.19. The highest BCUT2D eigenvalue weighted by atomic mass is 79.9. The molecule has 0 saturated heterocycles. The van der Waals surface area contributed by atoms with Crippen LogP contribution in [-0.2, 0) is 0 Å². The quantitative estimate of drug-likeness (QED) is 0.349. The molecule has 0 heterocycles. The number of carbonyl (C=O) groups excluding carboxylic acids is 2. The molecule has 0 aliphatic heterocycles. The van der Waals surface area contributed by atoms with Gasteiger partial charge in [-0.2, -0.15) is 0 Å². The summed E-state index contributed by atoms with van der Waals surface area (Å²) in [4.78, 5) is 35.6. The average Bonchev–Trinajstić information content (AvgIpc) is 2.84. The van der Waals surface area contributed by atoms with E-state index in [4.69, 9.17) is 4.74 Å². The number of hydrogen-bond donors (Lipinski definition) is 1. The highest BCUT2D eigenvalue weighted by Crippen LogP contribution is 2.38. The van der Waals surface area contributed by atoms with Crippen LogP contribution in [0.25, 0.3) is 6.08 Å². The first kappa shape index (κ1) is 17.8. The van der Waals surface area contributed by atoms with Crippen LogP contribution in [0.4, 0.5) is 5.69 Å². The Morgan fingerprint density at radius 1 is 1.27 bits per heavy atom. The number of Topliss-reactive ketones (excluding diaryl/α,β-unsaturated/α-hetero) is 2. The fourth-order valence-electron chi connectivity index (χ4n) is 2.74. The van der Waals surface area contributed by atoms with Crippen molar-refractivity contribution in [3.8, 4) is 11.5 Å². The van der Waals surface area contributed by atoms with Crippen LogP contribution in [0.3, 0.4) is 0 Å². The first-order valence-electron chi connectivity index (χ1n) is 7.59. The number of ketones is 2. The van der Waals surface area contributed by atoms with Crippen molar-refractivity contribution in [1.82, 2.24) is 0 Å². The maximum absolute atomic E-state index is 12.6. The van der Waals surface area contributed by atoms with E-state index in [9.17, 15) is 24.8 Å². The van der Waals surface area contributed by atoms with E-state index in [0.717, 1.165) is 0 Å². The molecule has 26 heavy (non-hydrogen) atoms. The van der Waals surface area contributed by atoms with Gasteiger partial charge in [-0.1, -0.05) is 6.07 Å². The summed E-state index contributed by atoms with van der Waals surface area (Å²) in [6.07, 6.45) is 1.33. The molecule has 0 fully saturated rings.